The second-order valence-corrected chi connectivity index (χ2v) is 12.0. The zero-order valence-electron chi connectivity index (χ0n) is 24.8. The predicted octanol–water partition coefficient (Wildman–Crippen LogP) is 5.99. The maximum Gasteiger partial charge on any atom is 0.416 e. The number of carbonyl (C=O) groups is 3. The number of nitrogens with one attached hydrogen (secondary N) is 1. The van der Waals surface area contributed by atoms with Gasteiger partial charge in [-0.3, -0.25) is 9.59 Å². The molecule has 1 aliphatic heterocycles. The van der Waals surface area contributed by atoms with Gasteiger partial charge in [0.1, 0.15) is 5.82 Å². The summed E-state index contributed by atoms with van der Waals surface area (Å²) in [6, 6.07) is 4.54. The lowest BCUT2D eigenvalue weighted by molar-refractivity contribution is -0.144. The Bertz CT molecular complexity index is 1390. The third-order valence-electron chi connectivity index (χ3n) is 8.74. The molecule has 0 spiro atoms. The van der Waals surface area contributed by atoms with Crippen LogP contribution in [-0.2, 0) is 28.5 Å². The second kappa shape index (κ2) is 13.3. The number of likely N-dealkylation sites (tertiary alicyclic amines) is 1. The number of hydrogen-bond donors (Lipinski definition) is 2. The molecule has 2 aliphatic rings. The van der Waals surface area contributed by atoms with Crippen molar-refractivity contribution in [1.82, 2.24) is 15.1 Å². The molecular formula is C31H35F7N4O3. The van der Waals surface area contributed by atoms with Crippen LogP contribution in [0.4, 0.5) is 35.5 Å². The van der Waals surface area contributed by atoms with Crippen LogP contribution in [0.25, 0.3) is 0 Å². The minimum Gasteiger partial charge on any atom is -0.352 e. The molecule has 3 N–H and O–H groups in total. The topological polar surface area (TPSA) is 95.7 Å². The zero-order valence-corrected chi connectivity index (χ0v) is 24.8. The lowest BCUT2D eigenvalue weighted by atomic mass is 9.77. The first-order valence-corrected chi connectivity index (χ1v) is 14.6. The average molecular weight is 645 g/mol. The summed E-state index contributed by atoms with van der Waals surface area (Å²) in [4.78, 5) is 41.3. The number of primary amides is 1. The number of aryl methyl sites for hydroxylation is 1. The molecule has 2 fully saturated rings. The third kappa shape index (κ3) is 8.26. The Hall–Kier alpha value is -3.84. The SMILES string of the molecule is Cc1cc(F)ccc1C1CN(C(=O)[C@H]2CC[C@H](NC(N)=O)CC2)CCC1C(=O)N(C)Cc1cc(C(F)(F)F)cc(C(F)(F)F)c1. The summed E-state index contributed by atoms with van der Waals surface area (Å²) < 4.78 is 94.4. The van der Waals surface area contributed by atoms with Crippen molar-refractivity contribution in [2.24, 2.45) is 17.6 Å². The fraction of sp³-hybridized carbons (Fsp3) is 0.516. The molecule has 2 aromatic carbocycles. The van der Waals surface area contributed by atoms with Crippen LogP contribution < -0.4 is 11.1 Å². The molecule has 4 amide bonds. The van der Waals surface area contributed by atoms with Gasteiger partial charge in [-0.15, -0.1) is 0 Å². The van der Waals surface area contributed by atoms with Gasteiger partial charge >= 0.3 is 18.4 Å². The number of alkyl halides is 6. The van der Waals surface area contributed by atoms with Crippen LogP contribution in [-0.4, -0.2) is 53.8 Å². The van der Waals surface area contributed by atoms with Crippen molar-refractivity contribution in [3.63, 3.8) is 0 Å². The molecule has 0 radical (unpaired) electrons. The molecule has 0 aromatic heterocycles. The lowest BCUT2D eigenvalue weighted by Crippen LogP contribution is -2.50. The molecule has 1 saturated carbocycles. The van der Waals surface area contributed by atoms with Crippen molar-refractivity contribution in [3.8, 4) is 0 Å². The Kier molecular flexibility index (Phi) is 10.0. The second-order valence-electron chi connectivity index (χ2n) is 12.0. The van der Waals surface area contributed by atoms with Gasteiger partial charge in [0.15, 0.2) is 0 Å². The van der Waals surface area contributed by atoms with Gasteiger partial charge in [0.05, 0.1) is 11.1 Å². The van der Waals surface area contributed by atoms with E-state index in [-0.39, 0.29) is 49.0 Å². The molecule has 2 atom stereocenters. The van der Waals surface area contributed by atoms with Gasteiger partial charge in [-0.2, -0.15) is 26.3 Å². The summed E-state index contributed by atoms with van der Waals surface area (Å²) in [6.07, 6.45) is -7.66. The van der Waals surface area contributed by atoms with Crippen molar-refractivity contribution < 1.29 is 45.1 Å². The molecule has 4 rings (SSSR count). The Morgan fingerprint density at radius 2 is 1.53 bits per heavy atom. The van der Waals surface area contributed by atoms with E-state index in [0.717, 1.165) is 4.90 Å². The van der Waals surface area contributed by atoms with E-state index in [2.05, 4.69) is 5.32 Å². The number of nitrogens with two attached hydrogens (primary N) is 1. The highest BCUT2D eigenvalue weighted by molar-refractivity contribution is 5.82. The number of urea groups is 1. The Balaban J connectivity index is 1.56. The van der Waals surface area contributed by atoms with Gasteiger partial charge in [0.2, 0.25) is 11.8 Å². The van der Waals surface area contributed by atoms with Gasteiger partial charge in [0, 0.05) is 50.5 Å². The molecule has 2 unspecified atom stereocenters. The van der Waals surface area contributed by atoms with E-state index < -0.39 is 59.6 Å². The predicted molar refractivity (Wildman–Crippen MR) is 150 cm³/mol. The van der Waals surface area contributed by atoms with Gasteiger partial charge in [-0.05, 0) is 86.1 Å². The van der Waals surface area contributed by atoms with E-state index >= 15 is 0 Å². The maximum absolute atomic E-state index is 14.0. The highest BCUT2D eigenvalue weighted by Gasteiger charge is 2.41. The Morgan fingerprint density at radius 3 is 2.07 bits per heavy atom. The first-order valence-electron chi connectivity index (χ1n) is 14.6. The molecule has 1 heterocycles. The normalized spacial score (nSPS) is 22.6. The van der Waals surface area contributed by atoms with Gasteiger partial charge in [-0.25, -0.2) is 9.18 Å². The summed E-state index contributed by atoms with van der Waals surface area (Å²) in [5.41, 5.74) is 3.08. The minimum absolute atomic E-state index is 0.0338. The van der Waals surface area contributed by atoms with E-state index in [1.165, 1.54) is 25.2 Å². The molecule has 246 valence electrons. The Morgan fingerprint density at radius 1 is 0.933 bits per heavy atom. The minimum atomic E-state index is -5.03. The first kappa shape index (κ1) is 34.0. The zero-order chi connectivity index (χ0) is 33.3. The van der Waals surface area contributed by atoms with E-state index in [1.807, 2.05) is 0 Å². The van der Waals surface area contributed by atoms with E-state index in [4.69, 9.17) is 5.73 Å². The molecule has 1 saturated heterocycles. The van der Waals surface area contributed by atoms with Crippen LogP contribution in [0, 0.1) is 24.6 Å². The van der Waals surface area contributed by atoms with Crippen molar-refractivity contribution >= 4 is 17.8 Å². The third-order valence-corrected chi connectivity index (χ3v) is 8.74. The number of hydrogen-bond acceptors (Lipinski definition) is 3. The van der Waals surface area contributed by atoms with Crippen molar-refractivity contribution in [1.29, 1.82) is 0 Å². The number of halogens is 7. The van der Waals surface area contributed by atoms with E-state index in [0.29, 0.717) is 48.9 Å². The van der Waals surface area contributed by atoms with E-state index in [9.17, 15) is 45.1 Å². The van der Waals surface area contributed by atoms with Crippen molar-refractivity contribution in [3.05, 3.63) is 70.0 Å². The molecule has 2 aromatic rings. The number of piperidine rings is 1. The van der Waals surface area contributed by atoms with E-state index in [1.54, 1.807) is 11.8 Å². The van der Waals surface area contributed by atoms with Gasteiger partial charge in [0.25, 0.3) is 0 Å². The van der Waals surface area contributed by atoms with Crippen LogP contribution in [0.1, 0.15) is 65.8 Å². The highest BCUT2D eigenvalue weighted by atomic mass is 19.4. The van der Waals surface area contributed by atoms with Crippen molar-refractivity contribution in [2.45, 2.75) is 69.9 Å². The summed E-state index contributed by atoms with van der Waals surface area (Å²) in [5, 5.41) is 2.66. The largest absolute Gasteiger partial charge is 0.416 e. The summed E-state index contributed by atoms with van der Waals surface area (Å²) in [7, 11) is 1.31. The van der Waals surface area contributed by atoms with Crippen LogP contribution >= 0.6 is 0 Å². The molecule has 0 bridgehead atoms. The number of rotatable bonds is 6. The molecule has 7 nitrogen and oxygen atoms in total. The molecule has 1 aliphatic carbocycles. The van der Waals surface area contributed by atoms with Crippen LogP contribution in [0.5, 0.6) is 0 Å². The number of amides is 4. The van der Waals surface area contributed by atoms with Gasteiger partial charge < -0.3 is 20.9 Å². The molecular weight excluding hydrogens is 609 g/mol. The number of benzene rings is 2. The fourth-order valence-electron chi connectivity index (χ4n) is 6.51. The van der Waals surface area contributed by atoms with Crippen LogP contribution in [0.2, 0.25) is 0 Å². The highest BCUT2D eigenvalue weighted by Crippen LogP contribution is 2.39. The fourth-order valence-corrected chi connectivity index (χ4v) is 6.51. The smallest absolute Gasteiger partial charge is 0.352 e. The summed E-state index contributed by atoms with van der Waals surface area (Å²) in [5.74, 6) is -2.79. The lowest BCUT2D eigenvalue weighted by Gasteiger charge is -2.42. The Labute approximate surface area is 255 Å². The van der Waals surface area contributed by atoms with Crippen LogP contribution in [0.15, 0.2) is 36.4 Å². The first-order chi connectivity index (χ1) is 20.9. The molecule has 14 heteroatoms. The van der Waals surface area contributed by atoms with Gasteiger partial charge in [-0.1, -0.05) is 6.07 Å². The number of carbonyl (C=O) groups excluding carboxylic acids is 3. The average Bonchev–Trinajstić information content (AvgIpc) is 2.95. The van der Waals surface area contributed by atoms with Crippen molar-refractivity contribution in [2.75, 3.05) is 20.1 Å². The standard InChI is InChI=1S/C31H35F7N4O3/c1-17-11-22(32)5-8-24(17)26-16-42(27(43)19-3-6-23(7-4-19)40-29(39)45)10-9-25(26)28(44)41(2)15-18-12-20(30(33,34)35)14-21(13-18)31(36,37)38/h5,8,11-14,19,23,25-26H,3-4,6-7,9-10,15-16H2,1-2H3,(H3,39,40,45)/t19-,23-,25?,26?. The number of nitrogens with zero attached hydrogens (tertiary/aromatic N) is 2. The summed E-state index contributed by atoms with van der Waals surface area (Å²) in [6.45, 7) is 1.49. The quantitative estimate of drug-likeness (QED) is 0.379. The monoisotopic (exact) mass is 644 g/mol. The van der Waals surface area contributed by atoms with Crippen LogP contribution in [0.3, 0.4) is 0 Å². The maximum atomic E-state index is 14.0. The molecule has 45 heavy (non-hydrogen) atoms. The summed E-state index contributed by atoms with van der Waals surface area (Å²) >= 11 is 0.